The maximum atomic E-state index is 12.5. The number of hydrogen-bond donors (Lipinski definition) is 0. The second kappa shape index (κ2) is 5.48. The van der Waals surface area contributed by atoms with Gasteiger partial charge in [0.2, 0.25) is 0 Å². The highest BCUT2D eigenvalue weighted by atomic mass is 16.2. The van der Waals surface area contributed by atoms with Crippen molar-refractivity contribution in [2.24, 2.45) is 14.1 Å². The lowest BCUT2D eigenvalue weighted by Crippen LogP contribution is -2.47. The molecule has 0 aliphatic rings. The smallest absolute Gasteiger partial charge is 0.328 e. The summed E-state index contributed by atoms with van der Waals surface area (Å²) < 4.78 is 5.21. The molecule has 0 amide bonds. The van der Waals surface area contributed by atoms with Crippen LogP contribution >= 0.6 is 0 Å². The van der Waals surface area contributed by atoms with Crippen LogP contribution in [0.1, 0.15) is 13.3 Å². The van der Waals surface area contributed by atoms with Gasteiger partial charge in [0, 0.05) is 14.1 Å². The lowest BCUT2D eigenvalue weighted by Gasteiger charge is -2.29. The minimum atomic E-state index is -0.303. The van der Waals surface area contributed by atoms with Crippen LogP contribution in [0.25, 0.3) is 11.2 Å². The second-order valence-corrected chi connectivity index (χ2v) is 6.21. The first-order valence-corrected chi connectivity index (χ1v) is 7.21. The lowest BCUT2D eigenvalue weighted by atomic mass is 10.3. The van der Waals surface area contributed by atoms with Gasteiger partial charge in [-0.1, -0.05) is 6.92 Å². The van der Waals surface area contributed by atoms with Crippen LogP contribution in [-0.4, -0.2) is 50.4 Å². The van der Waals surface area contributed by atoms with E-state index in [4.69, 9.17) is 0 Å². The molecule has 2 rings (SSSR count). The Balaban J connectivity index is 2.48. The van der Waals surface area contributed by atoms with Crippen LogP contribution < -0.4 is 11.2 Å². The van der Waals surface area contributed by atoms with Crippen molar-refractivity contribution in [1.29, 1.82) is 0 Å². The predicted octanol–water partition coefficient (Wildman–Crippen LogP) is -0.0799. The normalized spacial score (nSPS) is 12.2. The van der Waals surface area contributed by atoms with Gasteiger partial charge in [-0.15, -0.1) is 0 Å². The fourth-order valence-corrected chi connectivity index (χ4v) is 2.68. The Morgan fingerprint density at radius 2 is 1.86 bits per heavy atom. The van der Waals surface area contributed by atoms with Gasteiger partial charge in [-0.05, 0) is 6.42 Å². The van der Waals surface area contributed by atoms with E-state index in [1.165, 1.54) is 9.13 Å². The Hall–Kier alpha value is -1.89. The summed E-state index contributed by atoms with van der Waals surface area (Å²) in [4.78, 5) is 29.0. The van der Waals surface area contributed by atoms with E-state index < -0.39 is 0 Å². The average molecular weight is 294 g/mol. The van der Waals surface area contributed by atoms with Gasteiger partial charge in [0.1, 0.15) is 0 Å². The van der Waals surface area contributed by atoms with Gasteiger partial charge in [0.15, 0.2) is 11.2 Å². The highest BCUT2D eigenvalue weighted by molar-refractivity contribution is 5.69. The van der Waals surface area contributed by atoms with E-state index in [1.54, 1.807) is 25.0 Å². The molecule has 0 atom stereocenters. The lowest BCUT2D eigenvalue weighted by molar-refractivity contribution is -0.891. The number of imidazole rings is 1. The zero-order valence-corrected chi connectivity index (χ0v) is 13.5. The summed E-state index contributed by atoms with van der Waals surface area (Å²) in [6, 6.07) is 0. The van der Waals surface area contributed by atoms with Crippen LogP contribution in [0.3, 0.4) is 0 Å². The fourth-order valence-electron chi connectivity index (χ4n) is 2.68. The van der Waals surface area contributed by atoms with E-state index in [1.807, 2.05) is 0 Å². The van der Waals surface area contributed by atoms with E-state index in [2.05, 4.69) is 26.0 Å². The van der Waals surface area contributed by atoms with Crippen LogP contribution in [0.15, 0.2) is 15.9 Å². The number of rotatable bonds is 5. The molecular weight excluding hydrogens is 270 g/mol. The number of likely N-dealkylation sites (N-methyl/N-ethyl adjacent to an activating group) is 1. The van der Waals surface area contributed by atoms with Gasteiger partial charge in [-0.3, -0.25) is 13.9 Å². The van der Waals surface area contributed by atoms with E-state index >= 15 is 0 Å². The third-order valence-corrected chi connectivity index (χ3v) is 3.96. The van der Waals surface area contributed by atoms with Crippen molar-refractivity contribution in [3.05, 3.63) is 27.2 Å². The van der Waals surface area contributed by atoms with Crippen LogP contribution in [0.4, 0.5) is 0 Å². The number of aryl methyl sites for hydroxylation is 2. The molecule has 0 spiro atoms. The number of aromatic nitrogens is 4. The van der Waals surface area contributed by atoms with Gasteiger partial charge >= 0.3 is 5.69 Å². The molecule has 7 nitrogen and oxygen atoms in total. The second-order valence-electron chi connectivity index (χ2n) is 6.21. The molecule has 0 bridgehead atoms. The van der Waals surface area contributed by atoms with Crippen molar-refractivity contribution in [2.45, 2.75) is 19.9 Å². The molecule has 2 heterocycles. The quantitative estimate of drug-likeness (QED) is 0.725. The number of hydrogen-bond acceptors (Lipinski definition) is 3. The molecule has 21 heavy (non-hydrogen) atoms. The summed E-state index contributed by atoms with van der Waals surface area (Å²) in [7, 11) is 7.64. The van der Waals surface area contributed by atoms with Gasteiger partial charge in [0.25, 0.3) is 5.56 Å². The van der Waals surface area contributed by atoms with Crippen LogP contribution in [0, 0.1) is 0 Å². The third kappa shape index (κ3) is 2.78. The zero-order valence-electron chi connectivity index (χ0n) is 13.5. The largest absolute Gasteiger partial charge is 0.332 e. The molecule has 0 saturated heterocycles. The van der Waals surface area contributed by atoms with Crippen LogP contribution in [-0.2, 0) is 20.6 Å². The van der Waals surface area contributed by atoms with Gasteiger partial charge in [0.05, 0.1) is 40.1 Å². The van der Waals surface area contributed by atoms with E-state index in [-0.39, 0.29) is 11.2 Å². The minimum Gasteiger partial charge on any atom is -0.328 e. The first-order valence-electron chi connectivity index (χ1n) is 7.21. The highest BCUT2D eigenvalue weighted by Gasteiger charge is 2.18. The Morgan fingerprint density at radius 3 is 2.48 bits per heavy atom. The maximum Gasteiger partial charge on any atom is 0.332 e. The maximum absolute atomic E-state index is 12.5. The minimum absolute atomic E-state index is 0.260. The molecule has 0 unspecified atom stereocenters. The predicted molar refractivity (Wildman–Crippen MR) is 82.3 cm³/mol. The summed E-state index contributed by atoms with van der Waals surface area (Å²) in [6.45, 7) is 4.31. The Kier molecular flexibility index (Phi) is 4.04. The summed E-state index contributed by atoms with van der Waals surface area (Å²) in [5.74, 6) is 0. The van der Waals surface area contributed by atoms with E-state index in [0.29, 0.717) is 17.7 Å². The molecule has 0 saturated carbocycles. The third-order valence-electron chi connectivity index (χ3n) is 3.96. The fraction of sp³-hybridized carbons (Fsp3) is 0.643. The highest BCUT2D eigenvalue weighted by Crippen LogP contribution is 2.04. The Bertz CT molecular complexity index is 766. The van der Waals surface area contributed by atoms with Crippen molar-refractivity contribution < 1.29 is 4.48 Å². The van der Waals surface area contributed by atoms with Crippen molar-refractivity contribution >= 4 is 11.2 Å². The van der Waals surface area contributed by atoms with Crippen molar-refractivity contribution in [3.63, 3.8) is 0 Å². The molecular formula is C14H24N5O2+. The monoisotopic (exact) mass is 294 g/mol. The summed E-state index contributed by atoms with van der Waals surface area (Å²) in [6.07, 6.45) is 2.63. The molecule has 2 aromatic rings. The Morgan fingerprint density at radius 1 is 1.19 bits per heavy atom. The number of fused-ring (bicyclic) bond motifs is 1. The summed E-state index contributed by atoms with van der Waals surface area (Å²) >= 11 is 0. The first kappa shape index (κ1) is 15.5. The standard InChI is InChI=1S/C14H24N5O2/c1-6-8-19(4,5)9-7-18-13(20)11-12(15-10-16(11)2)17(3)14(18)21/h10H,6-9H2,1-5H3/q+1. The topological polar surface area (TPSA) is 61.8 Å². The average Bonchev–Trinajstić information content (AvgIpc) is 2.78. The SMILES string of the molecule is CCC[N+](C)(C)CCn1c(=O)c2c(ncn2C)n(C)c1=O. The molecule has 0 aliphatic carbocycles. The molecule has 7 heteroatoms. The molecule has 116 valence electrons. The zero-order chi connectivity index (χ0) is 15.8. The summed E-state index contributed by atoms with van der Waals surface area (Å²) in [5.41, 5.74) is 0.344. The van der Waals surface area contributed by atoms with Crippen molar-refractivity contribution in [1.82, 2.24) is 18.7 Å². The number of nitrogens with zero attached hydrogens (tertiary/aromatic N) is 5. The van der Waals surface area contributed by atoms with Crippen LogP contribution in [0.5, 0.6) is 0 Å². The van der Waals surface area contributed by atoms with Gasteiger partial charge in [-0.2, -0.15) is 0 Å². The van der Waals surface area contributed by atoms with Gasteiger partial charge < -0.3 is 9.05 Å². The molecule has 2 aromatic heterocycles. The molecule has 0 radical (unpaired) electrons. The van der Waals surface area contributed by atoms with Crippen LogP contribution in [0.2, 0.25) is 0 Å². The Labute approximate surface area is 123 Å². The van der Waals surface area contributed by atoms with E-state index in [0.717, 1.165) is 24.0 Å². The first-order chi connectivity index (χ1) is 9.78. The van der Waals surface area contributed by atoms with Crippen molar-refractivity contribution in [3.8, 4) is 0 Å². The molecule has 0 fully saturated rings. The summed E-state index contributed by atoms with van der Waals surface area (Å²) in [5, 5.41) is 0. The van der Waals surface area contributed by atoms with E-state index in [9.17, 15) is 9.59 Å². The van der Waals surface area contributed by atoms with Gasteiger partial charge in [-0.25, -0.2) is 9.78 Å². The number of quaternary nitrogens is 1. The van der Waals surface area contributed by atoms with Crippen molar-refractivity contribution in [2.75, 3.05) is 27.2 Å². The molecule has 0 aromatic carbocycles. The molecule has 0 aliphatic heterocycles. The molecule has 0 N–H and O–H groups in total.